The Morgan fingerprint density at radius 2 is 1.88 bits per heavy atom. The fourth-order valence-corrected chi connectivity index (χ4v) is 2.44. The lowest BCUT2D eigenvalue weighted by Gasteiger charge is -2.10. The molecule has 0 bridgehead atoms. The van der Waals surface area contributed by atoms with Crippen molar-refractivity contribution in [2.75, 3.05) is 23.7 Å². The van der Waals surface area contributed by atoms with Gasteiger partial charge in [-0.25, -0.2) is 4.98 Å². The van der Waals surface area contributed by atoms with Crippen molar-refractivity contribution in [1.82, 2.24) is 4.98 Å². The number of nitrogens with zero attached hydrogens (tertiary/aromatic N) is 3. The number of fused-ring (bicyclic) bond motifs is 1. The molecular weight excluding hydrogens is 318 g/mol. The zero-order valence-corrected chi connectivity index (χ0v) is 13.3. The summed E-state index contributed by atoms with van der Waals surface area (Å²) in [5, 5.41) is 27.3. The maximum atomic E-state index is 10.7. The predicted molar refractivity (Wildman–Crippen MR) is 96.5 cm³/mol. The Labute approximate surface area is 144 Å². The van der Waals surface area contributed by atoms with Gasteiger partial charge in [0.1, 0.15) is 11.9 Å². The van der Waals surface area contributed by atoms with Gasteiger partial charge in [-0.3, -0.25) is 10.1 Å². The molecule has 0 aliphatic heterocycles. The normalized spacial score (nSPS) is 10.2. The Balaban J connectivity index is 1.59. The van der Waals surface area contributed by atoms with Crippen LogP contribution in [-0.2, 0) is 0 Å². The molecule has 0 amide bonds. The molecule has 0 fully saturated rings. The van der Waals surface area contributed by atoms with Crippen LogP contribution in [0.2, 0.25) is 0 Å². The number of hydrogen-bond acceptors (Lipinski definition) is 6. The van der Waals surface area contributed by atoms with Crippen molar-refractivity contribution in [3.8, 4) is 6.07 Å². The van der Waals surface area contributed by atoms with E-state index < -0.39 is 4.92 Å². The van der Waals surface area contributed by atoms with Gasteiger partial charge in [0.15, 0.2) is 0 Å². The van der Waals surface area contributed by atoms with Crippen LogP contribution in [0.5, 0.6) is 0 Å². The molecule has 3 rings (SSSR count). The van der Waals surface area contributed by atoms with E-state index in [9.17, 15) is 10.1 Å². The highest BCUT2D eigenvalue weighted by Gasteiger charge is 2.10. The van der Waals surface area contributed by atoms with Crippen LogP contribution >= 0.6 is 0 Å². The number of anilines is 2. The van der Waals surface area contributed by atoms with Crippen LogP contribution in [0.3, 0.4) is 0 Å². The van der Waals surface area contributed by atoms with Crippen molar-refractivity contribution in [3.05, 3.63) is 70.3 Å². The van der Waals surface area contributed by atoms with Gasteiger partial charge in [-0.15, -0.1) is 0 Å². The number of pyridine rings is 1. The second-order valence-electron chi connectivity index (χ2n) is 5.34. The molecule has 1 aromatic heterocycles. The quantitative estimate of drug-likeness (QED) is 0.406. The van der Waals surface area contributed by atoms with Crippen LogP contribution in [0.25, 0.3) is 10.9 Å². The topological polar surface area (TPSA) is 104 Å². The van der Waals surface area contributed by atoms with Crippen LogP contribution in [0.4, 0.5) is 17.2 Å². The van der Waals surface area contributed by atoms with Gasteiger partial charge in [-0.1, -0.05) is 18.2 Å². The number of aromatic nitrogens is 1. The van der Waals surface area contributed by atoms with E-state index in [2.05, 4.69) is 15.6 Å². The monoisotopic (exact) mass is 333 g/mol. The number of hydrogen-bond donors (Lipinski definition) is 2. The molecule has 0 saturated heterocycles. The average molecular weight is 333 g/mol. The van der Waals surface area contributed by atoms with Crippen molar-refractivity contribution >= 4 is 28.1 Å². The molecule has 7 heteroatoms. The van der Waals surface area contributed by atoms with E-state index in [1.165, 1.54) is 12.1 Å². The Bertz CT molecular complexity index is 965. The van der Waals surface area contributed by atoms with Crippen molar-refractivity contribution in [2.24, 2.45) is 0 Å². The Hall–Kier alpha value is -3.66. The largest absolute Gasteiger partial charge is 0.382 e. The third-order valence-corrected chi connectivity index (χ3v) is 3.68. The summed E-state index contributed by atoms with van der Waals surface area (Å²) in [6.07, 6.45) is 0. The van der Waals surface area contributed by atoms with E-state index in [0.29, 0.717) is 18.8 Å². The number of para-hydroxylation sites is 1. The SMILES string of the molecule is N#Cc1cc([N+](=O)[O-])ccc1NCCNc1ccc2ccccc2n1. The lowest BCUT2D eigenvalue weighted by atomic mass is 10.1. The fourth-order valence-electron chi connectivity index (χ4n) is 2.44. The molecule has 7 nitrogen and oxygen atoms in total. The Morgan fingerprint density at radius 3 is 2.68 bits per heavy atom. The van der Waals surface area contributed by atoms with E-state index in [0.717, 1.165) is 16.7 Å². The highest BCUT2D eigenvalue weighted by Crippen LogP contribution is 2.21. The summed E-state index contributed by atoms with van der Waals surface area (Å²) in [4.78, 5) is 14.8. The summed E-state index contributed by atoms with van der Waals surface area (Å²) < 4.78 is 0. The number of nitro benzene ring substituents is 1. The van der Waals surface area contributed by atoms with E-state index in [1.54, 1.807) is 6.07 Å². The van der Waals surface area contributed by atoms with Crippen LogP contribution < -0.4 is 10.6 Å². The van der Waals surface area contributed by atoms with Crippen LogP contribution in [0.1, 0.15) is 5.56 Å². The summed E-state index contributed by atoms with van der Waals surface area (Å²) in [5.74, 6) is 0.768. The van der Waals surface area contributed by atoms with Crippen LogP contribution in [-0.4, -0.2) is 23.0 Å². The maximum Gasteiger partial charge on any atom is 0.270 e. The molecule has 1 heterocycles. The Kier molecular flexibility index (Phi) is 4.72. The van der Waals surface area contributed by atoms with Gasteiger partial charge < -0.3 is 10.6 Å². The molecular formula is C18H15N5O2. The minimum Gasteiger partial charge on any atom is -0.382 e. The van der Waals surface area contributed by atoms with E-state index in [4.69, 9.17) is 5.26 Å². The molecule has 0 spiro atoms. The first kappa shape index (κ1) is 16.2. The second-order valence-corrected chi connectivity index (χ2v) is 5.34. The minimum absolute atomic E-state index is 0.0967. The number of rotatable bonds is 6. The first-order valence-corrected chi connectivity index (χ1v) is 7.69. The number of non-ortho nitro benzene ring substituents is 1. The van der Waals surface area contributed by atoms with Crippen molar-refractivity contribution in [3.63, 3.8) is 0 Å². The van der Waals surface area contributed by atoms with E-state index in [-0.39, 0.29) is 11.3 Å². The van der Waals surface area contributed by atoms with Crippen LogP contribution in [0.15, 0.2) is 54.6 Å². The third kappa shape index (κ3) is 3.82. The van der Waals surface area contributed by atoms with Gasteiger partial charge in [-0.2, -0.15) is 5.26 Å². The first-order valence-electron chi connectivity index (χ1n) is 7.69. The lowest BCUT2D eigenvalue weighted by molar-refractivity contribution is -0.384. The molecule has 124 valence electrons. The fraction of sp³-hybridized carbons (Fsp3) is 0.111. The molecule has 0 unspecified atom stereocenters. The Morgan fingerprint density at radius 1 is 1.08 bits per heavy atom. The molecule has 2 aromatic carbocycles. The molecule has 25 heavy (non-hydrogen) atoms. The summed E-state index contributed by atoms with van der Waals surface area (Å²) in [7, 11) is 0. The highest BCUT2D eigenvalue weighted by atomic mass is 16.6. The molecule has 2 N–H and O–H groups in total. The number of nitriles is 1. The number of nitrogens with one attached hydrogen (secondary N) is 2. The maximum absolute atomic E-state index is 10.7. The lowest BCUT2D eigenvalue weighted by Crippen LogP contribution is -2.15. The van der Waals surface area contributed by atoms with Crippen molar-refractivity contribution < 1.29 is 4.92 Å². The molecule has 0 atom stereocenters. The van der Waals surface area contributed by atoms with Gasteiger partial charge in [0.05, 0.1) is 21.7 Å². The van der Waals surface area contributed by atoms with E-state index >= 15 is 0 Å². The highest BCUT2D eigenvalue weighted by molar-refractivity contribution is 5.80. The summed E-state index contributed by atoms with van der Waals surface area (Å²) in [5.41, 5.74) is 1.64. The van der Waals surface area contributed by atoms with Gasteiger partial charge in [-0.05, 0) is 24.3 Å². The molecule has 0 radical (unpaired) electrons. The van der Waals surface area contributed by atoms with E-state index in [1.807, 2.05) is 42.5 Å². The zero-order chi connectivity index (χ0) is 17.6. The summed E-state index contributed by atoms with van der Waals surface area (Å²) in [6, 6.07) is 17.9. The second kappa shape index (κ2) is 7.27. The zero-order valence-electron chi connectivity index (χ0n) is 13.3. The number of nitro groups is 1. The standard InChI is InChI=1S/C18H15N5O2/c19-12-14-11-15(23(24)25)6-7-16(14)20-9-10-21-18-8-5-13-3-1-2-4-17(13)22-18/h1-8,11,20H,9-10H2,(H,21,22). The van der Waals surface area contributed by atoms with Crippen molar-refractivity contribution in [2.45, 2.75) is 0 Å². The van der Waals surface area contributed by atoms with Gasteiger partial charge in [0, 0.05) is 30.6 Å². The first-order chi connectivity index (χ1) is 12.2. The molecule has 0 aliphatic rings. The summed E-state index contributed by atoms with van der Waals surface area (Å²) >= 11 is 0. The third-order valence-electron chi connectivity index (χ3n) is 3.68. The summed E-state index contributed by atoms with van der Waals surface area (Å²) in [6.45, 7) is 1.13. The van der Waals surface area contributed by atoms with Gasteiger partial charge in [0.2, 0.25) is 0 Å². The molecule has 3 aromatic rings. The van der Waals surface area contributed by atoms with Gasteiger partial charge in [0.25, 0.3) is 5.69 Å². The van der Waals surface area contributed by atoms with Crippen molar-refractivity contribution in [1.29, 1.82) is 5.26 Å². The average Bonchev–Trinajstić information content (AvgIpc) is 2.65. The smallest absolute Gasteiger partial charge is 0.270 e. The van der Waals surface area contributed by atoms with Gasteiger partial charge >= 0.3 is 0 Å². The molecule has 0 saturated carbocycles. The van der Waals surface area contributed by atoms with Crippen LogP contribution in [0, 0.1) is 21.4 Å². The number of benzene rings is 2. The molecule has 0 aliphatic carbocycles. The predicted octanol–water partition coefficient (Wildman–Crippen LogP) is 3.54. The minimum atomic E-state index is -0.516.